The van der Waals surface area contributed by atoms with Crippen molar-refractivity contribution in [3.05, 3.63) is 88.9 Å². The van der Waals surface area contributed by atoms with Gasteiger partial charge in [-0.3, -0.25) is 19.2 Å². The fourth-order valence-electron chi connectivity index (χ4n) is 2.57. The molecule has 7 heteroatoms. The molecule has 134 valence electrons. The molecule has 0 N–H and O–H groups in total. The molecule has 0 saturated carbocycles. The summed E-state index contributed by atoms with van der Waals surface area (Å²) < 4.78 is 12.7. The Balaban J connectivity index is 1.56. The van der Waals surface area contributed by atoms with Gasteiger partial charge < -0.3 is 9.47 Å². The standard InChI is InChI=1S/C20H16N4O3/c1-14-4-2-5-15(22-14)13-26-19-10-20(25)24-12-17(7-8-18(24)23-19)27-16-6-3-9-21-11-16/h2-12H,13H2,1H3. The van der Waals surface area contributed by atoms with E-state index in [4.69, 9.17) is 9.47 Å². The first-order valence-corrected chi connectivity index (χ1v) is 8.34. The second-order valence-electron chi connectivity index (χ2n) is 5.88. The van der Waals surface area contributed by atoms with Crippen LogP contribution in [0.25, 0.3) is 5.65 Å². The van der Waals surface area contributed by atoms with Crippen LogP contribution in [-0.4, -0.2) is 19.4 Å². The van der Waals surface area contributed by atoms with Gasteiger partial charge in [-0.2, -0.15) is 4.98 Å². The largest absolute Gasteiger partial charge is 0.471 e. The smallest absolute Gasteiger partial charge is 0.261 e. The molecule has 0 unspecified atom stereocenters. The molecular formula is C20H16N4O3. The summed E-state index contributed by atoms with van der Waals surface area (Å²) in [6.45, 7) is 2.15. The van der Waals surface area contributed by atoms with Gasteiger partial charge in [-0.15, -0.1) is 0 Å². The van der Waals surface area contributed by atoms with Crippen molar-refractivity contribution in [1.82, 2.24) is 19.4 Å². The Morgan fingerprint density at radius 3 is 2.78 bits per heavy atom. The van der Waals surface area contributed by atoms with Gasteiger partial charge in [0, 0.05) is 11.9 Å². The van der Waals surface area contributed by atoms with Crippen molar-refractivity contribution in [3.63, 3.8) is 0 Å². The summed E-state index contributed by atoms with van der Waals surface area (Å²) in [5.74, 6) is 1.35. The van der Waals surface area contributed by atoms with Gasteiger partial charge in [-0.1, -0.05) is 6.07 Å². The van der Waals surface area contributed by atoms with Gasteiger partial charge in [-0.25, -0.2) is 0 Å². The fraction of sp³-hybridized carbons (Fsp3) is 0.100. The molecular weight excluding hydrogens is 344 g/mol. The average Bonchev–Trinajstić information content (AvgIpc) is 2.68. The van der Waals surface area contributed by atoms with Crippen molar-refractivity contribution in [3.8, 4) is 17.4 Å². The predicted molar refractivity (Wildman–Crippen MR) is 99.1 cm³/mol. The maximum Gasteiger partial charge on any atom is 0.261 e. The lowest BCUT2D eigenvalue weighted by atomic mass is 10.3. The van der Waals surface area contributed by atoms with E-state index in [2.05, 4.69) is 15.0 Å². The number of hydrogen-bond donors (Lipinski definition) is 0. The van der Waals surface area contributed by atoms with E-state index < -0.39 is 0 Å². The zero-order valence-corrected chi connectivity index (χ0v) is 14.6. The highest BCUT2D eigenvalue weighted by atomic mass is 16.5. The van der Waals surface area contributed by atoms with E-state index in [0.717, 1.165) is 11.4 Å². The molecule has 4 aromatic rings. The molecule has 4 rings (SSSR count). The molecule has 0 aliphatic rings. The number of rotatable bonds is 5. The number of fused-ring (bicyclic) bond motifs is 1. The van der Waals surface area contributed by atoms with Crippen molar-refractivity contribution in [1.29, 1.82) is 0 Å². The number of aryl methyl sites for hydroxylation is 1. The van der Waals surface area contributed by atoms with Gasteiger partial charge in [-0.05, 0) is 43.3 Å². The number of hydrogen-bond acceptors (Lipinski definition) is 6. The molecule has 0 aliphatic heterocycles. The first kappa shape index (κ1) is 16.7. The first-order chi connectivity index (χ1) is 13.2. The maximum atomic E-state index is 12.4. The summed E-state index contributed by atoms with van der Waals surface area (Å²) in [5.41, 5.74) is 1.89. The summed E-state index contributed by atoms with van der Waals surface area (Å²) in [6.07, 6.45) is 4.85. The van der Waals surface area contributed by atoms with Crippen LogP contribution in [0.1, 0.15) is 11.4 Å². The Labute approximate surface area is 154 Å². The van der Waals surface area contributed by atoms with E-state index in [1.807, 2.05) is 25.1 Å². The zero-order valence-electron chi connectivity index (χ0n) is 14.6. The van der Waals surface area contributed by atoms with Crippen molar-refractivity contribution < 1.29 is 9.47 Å². The van der Waals surface area contributed by atoms with Gasteiger partial charge in [0.05, 0.1) is 24.2 Å². The van der Waals surface area contributed by atoms with Crippen LogP contribution >= 0.6 is 0 Å². The SMILES string of the molecule is Cc1cccc(COc2cc(=O)n3cc(Oc4cccnc4)ccc3n2)n1. The Morgan fingerprint density at radius 2 is 1.96 bits per heavy atom. The molecule has 0 fully saturated rings. The van der Waals surface area contributed by atoms with Crippen molar-refractivity contribution in [2.75, 3.05) is 0 Å². The summed E-state index contributed by atoms with van der Waals surface area (Å²) in [5, 5.41) is 0. The Hall–Kier alpha value is -3.74. The Kier molecular flexibility index (Phi) is 4.49. The van der Waals surface area contributed by atoms with Gasteiger partial charge in [0.25, 0.3) is 5.56 Å². The molecule has 0 aromatic carbocycles. The van der Waals surface area contributed by atoms with E-state index in [9.17, 15) is 4.79 Å². The molecule has 4 aromatic heterocycles. The minimum atomic E-state index is -0.260. The van der Waals surface area contributed by atoms with Crippen LogP contribution in [0, 0.1) is 6.92 Å². The number of nitrogens with zero attached hydrogens (tertiary/aromatic N) is 4. The van der Waals surface area contributed by atoms with E-state index >= 15 is 0 Å². The van der Waals surface area contributed by atoms with E-state index in [1.165, 1.54) is 10.5 Å². The van der Waals surface area contributed by atoms with Gasteiger partial charge in [0.1, 0.15) is 23.8 Å². The molecule has 0 radical (unpaired) electrons. The van der Waals surface area contributed by atoms with Crippen LogP contribution in [0.4, 0.5) is 0 Å². The summed E-state index contributed by atoms with van der Waals surface area (Å²) in [4.78, 5) is 25.2. The van der Waals surface area contributed by atoms with Crippen LogP contribution in [0.3, 0.4) is 0 Å². The third-order valence-electron chi connectivity index (χ3n) is 3.79. The highest BCUT2D eigenvalue weighted by Gasteiger charge is 2.06. The third-order valence-corrected chi connectivity index (χ3v) is 3.79. The normalized spacial score (nSPS) is 10.7. The lowest BCUT2D eigenvalue weighted by molar-refractivity contribution is 0.289. The summed E-state index contributed by atoms with van der Waals surface area (Å²) >= 11 is 0. The van der Waals surface area contributed by atoms with Gasteiger partial charge in [0.15, 0.2) is 0 Å². The monoisotopic (exact) mass is 360 g/mol. The highest BCUT2D eigenvalue weighted by Crippen LogP contribution is 2.20. The number of pyridine rings is 3. The lowest BCUT2D eigenvalue weighted by Crippen LogP contribution is -2.15. The van der Waals surface area contributed by atoms with Gasteiger partial charge in [0.2, 0.25) is 5.88 Å². The van der Waals surface area contributed by atoms with Gasteiger partial charge >= 0.3 is 0 Å². The highest BCUT2D eigenvalue weighted by molar-refractivity contribution is 5.43. The Bertz CT molecular complexity index is 1140. The summed E-state index contributed by atoms with van der Waals surface area (Å²) in [6, 6.07) is 14.0. The molecule has 0 aliphatic carbocycles. The predicted octanol–water partition coefficient (Wildman–Crippen LogP) is 3.16. The Morgan fingerprint density at radius 1 is 1.04 bits per heavy atom. The molecule has 7 nitrogen and oxygen atoms in total. The number of aromatic nitrogens is 4. The van der Waals surface area contributed by atoms with E-state index in [1.54, 1.807) is 42.9 Å². The second-order valence-corrected chi connectivity index (χ2v) is 5.88. The minimum Gasteiger partial charge on any atom is -0.471 e. The molecule has 0 bridgehead atoms. The number of ether oxygens (including phenoxy) is 2. The van der Waals surface area contributed by atoms with Crippen molar-refractivity contribution >= 4 is 5.65 Å². The molecule has 0 spiro atoms. The van der Waals surface area contributed by atoms with Crippen molar-refractivity contribution in [2.45, 2.75) is 13.5 Å². The summed E-state index contributed by atoms with van der Waals surface area (Å²) in [7, 11) is 0. The van der Waals surface area contributed by atoms with E-state index in [0.29, 0.717) is 17.1 Å². The third kappa shape index (κ3) is 3.92. The van der Waals surface area contributed by atoms with Crippen LogP contribution in [0.5, 0.6) is 17.4 Å². The average molecular weight is 360 g/mol. The quantitative estimate of drug-likeness (QED) is 0.544. The van der Waals surface area contributed by atoms with Crippen LogP contribution in [-0.2, 0) is 6.61 Å². The lowest BCUT2D eigenvalue weighted by Gasteiger charge is -2.09. The molecule has 27 heavy (non-hydrogen) atoms. The van der Waals surface area contributed by atoms with Crippen LogP contribution < -0.4 is 15.0 Å². The fourth-order valence-corrected chi connectivity index (χ4v) is 2.57. The molecule has 0 saturated heterocycles. The minimum absolute atomic E-state index is 0.243. The second kappa shape index (κ2) is 7.25. The maximum absolute atomic E-state index is 12.4. The molecule has 0 amide bonds. The van der Waals surface area contributed by atoms with Crippen LogP contribution in [0.15, 0.2) is 71.9 Å². The topological polar surface area (TPSA) is 78.6 Å². The first-order valence-electron chi connectivity index (χ1n) is 8.34. The van der Waals surface area contributed by atoms with Crippen molar-refractivity contribution in [2.24, 2.45) is 0 Å². The van der Waals surface area contributed by atoms with Crippen LogP contribution in [0.2, 0.25) is 0 Å². The van der Waals surface area contributed by atoms with E-state index in [-0.39, 0.29) is 18.0 Å². The molecule has 4 heterocycles. The zero-order chi connectivity index (χ0) is 18.6. The molecule has 0 atom stereocenters.